The number of para-hydroxylation sites is 1. The van der Waals surface area contributed by atoms with E-state index in [1.807, 2.05) is 30.3 Å². The minimum atomic E-state index is -0.968. The van der Waals surface area contributed by atoms with Crippen molar-refractivity contribution >= 4 is 28.7 Å². The van der Waals surface area contributed by atoms with Crippen LogP contribution in [0.3, 0.4) is 0 Å². The third kappa shape index (κ3) is 4.42. The number of benzene rings is 1. The number of rotatable bonds is 7. The van der Waals surface area contributed by atoms with E-state index < -0.39 is 5.97 Å². The summed E-state index contributed by atoms with van der Waals surface area (Å²) in [5.41, 5.74) is 1.46. The van der Waals surface area contributed by atoms with Gasteiger partial charge in [0, 0.05) is 43.0 Å². The van der Waals surface area contributed by atoms with Crippen molar-refractivity contribution < 1.29 is 19.5 Å². The first-order valence-electron chi connectivity index (χ1n) is 9.48. The first-order chi connectivity index (χ1) is 13.5. The summed E-state index contributed by atoms with van der Waals surface area (Å²) >= 11 is 0. The molecule has 0 radical (unpaired) electrons. The van der Waals surface area contributed by atoms with Gasteiger partial charge in [-0.05, 0) is 25.0 Å². The number of fused-ring (bicyclic) bond motifs is 1. The lowest BCUT2D eigenvalue weighted by molar-refractivity contribution is -0.141. The normalized spacial score (nSPS) is 14.8. The van der Waals surface area contributed by atoms with Crippen LogP contribution in [0.1, 0.15) is 36.2 Å². The number of piperidine rings is 1. The molecule has 1 aromatic heterocycles. The summed E-state index contributed by atoms with van der Waals surface area (Å²) in [6, 6.07) is 9.63. The molecule has 3 rings (SSSR count). The van der Waals surface area contributed by atoms with Crippen molar-refractivity contribution in [3.63, 3.8) is 0 Å². The number of hydrogen-bond donors (Lipinski definition) is 2. The Morgan fingerprint density at radius 3 is 2.57 bits per heavy atom. The number of nitrogens with zero attached hydrogens (tertiary/aromatic N) is 2. The van der Waals surface area contributed by atoms with Gasteiger partial charge in [-0.3, -0.25) is 14.4 Å². The van der Waals surface area contributed by atoms with Crippen LogP contribution in [0.4, 0.5) is 0 Å². The summed E-state index contributed by atoms with van der Waals surface area (Å²) in [6.45, 7) is 5.26. The molecule has 0 saturated carbocycles. The summed E-state index contributed by atoms with van der Waals surface area (Å²) in [6.07, 6.45) is 2.91. The van der Waals surface area contributed by atoms with Crippen molar-refractivity contribution in [2.75, 3.05) is 19.6 Å². The maximum atomic E-state index is 13.1. The standard InChI is InChI=1S/C21H25N3O4/c1-2-11-24(21(28)18-14-15-5-3-4-6-17(15)22-18)16-9-12-23(13-10-16)19(25)7-8-20(26)27/h2-6,14,16,22H,1,7-13H2,(H,26,27). The van der Waals surface area contributed by atoms with Gasteiger partial charge in [0.15, 0.2) is 0 Å². The quantitative estimate of drug-likeness (QED) is 0.719. The SMILES string of the molecule is C=CCN(C(=O)c1cc2ccccc2[nH]1)C1CCN(C(=O)CCC(=O)O)CC1. The summed E-state index contributed by atoms with van der Waals surface area (Å²) in [5, 5.41) is 9.72. The Bertz CT molecular complexity index is 848. The van der Waals surface area contributed by atoms with E-state index in [-0.39, 0.29) is 30.7 Å². The predicted octanol–water partition coefficient (Wildman–Crippen LogP) is 2.65. The summed E-state index contributed by atoms with van der Waals surface area (Å²) in [7, 11) is 0. The van der Waals surface area contributed by atoms with Crippen molar-refractivity contribution in [1.29, 1.82) is 0 Å². The fourth-order valence-electron chi connectivity index (χ4n) is 3.68. The molecule has 7 nitrogen and oxygen atoms in total. The van der Waals surface area contributed by atoms with Gasteiger partial charge >= 0.3 is 5.97 Å². The third-order valence-electron chi connectivity index (χ3n) is 5.16. The van der Waals surface area contributed by atoms with Crippen LogP contribution < -0.4 is 0 Å². The van der Waals surface area contributed by atoms with E-state index in [0.717, 1.165) is 10.9 Å². The lowest BCUT2D eigenvalue weighted by Crippen LogP contribution is -2.49. The van der Waals surface area contributed by atoms with Gasteiger partial charge in [0.2, 0.25) is 5.91 Å². The number of carbonyl (C=O) groups excluding carboxylic acids is 2. The molecule has 0 atom stereocenters. The number of hydrogen-bond acceptors (Lipinski definition) is 3. The predicted molar refractivity (Wildman–Crippen MR) is 106 cm³/mol. The van der Waals surface area contributed by atoms with Crippen LogP contribution in [0.2, 0.25) is 0 Å². The molecule has 148 valence electrons. The molecule has 1 aliphatic heterocycles. The zero-order chi connectivity index (χ0) is 20.1. The minimum absolute atomic E-state index is 0.0143. The Kier molecular flexibility index (Phi) is 6.13. The molecule has 0 spiro atoms. The zero-order valence-corrected chi connectivity index (χ0v) is 15.8. The maximum Gasteiger partial charge on any atom is 0.303 e. The highest BCUT2D eigenvalue weighted by atomic mass is 16.4. The molecule has 1 aliphatic rings. The van der Waals surface area contributed by atoms with Crippen LogP contribution in [0.5, 0.6) is 0 Å². The second-order valence-corrected chi connectivity index (χ2v) is 7.02. The van der Waals surface area contributed by atoms with Crippen LogP contribution in [0.15, 0.2) is 43.0 Å². The smallest absolute Gasteiger partial charge is 0.303 e. The average Bonchev–Trinajstić information content (AvgIpc) is 3.14. The minimum Gasteiger partial charge on any atom is -0.481 e. The first kappa shape index (κ1) is 19.7. The summed E-state index contributed by atoms with van der Waals surface area (Å²) in [5.74, 6) is -1.19. The molecule has 0 aliphatic carbocycles. The van der Waals surface area contributed by atoms with E-state index >= 15 is 0 Å². The van der Waals surface area contributed by atoms with Gasteiger partial charge < -0.3 is 19.9 Å². The summed E-state index contributed by atoms with van der Waals surface area (Å²) in [4.78, 5) is 42.5. The first-order valence-corrected chi connectivity index (χ1v) is 9.48. The average molecular weight is 383 g/mol. The van der Waals surface area contributed by atoms with Gasteiger partial charge in [0.1, 0.15) is 5.69 Å². The van der Waals surface area contributed by atoms with Crippen molar-refractivity contribution in [2.24, 2.45) is 0 Å². The number of nitrogens with one attached hydrogen (secondary N) is 1. The lowest BCUT2D eigenvalue weighted by Gasteiger charge is -2.38. The highest BCUT2D eigenvalue weighted by Gasteiger charge is 2.30. The Labute approximate surface area is 163 Å². The molecule has 0 unspecified atom stereocenters. The monoisotopic (exact) mass is 383 g/mol. The molecular weight excluding hydrogens is 358 g/mol. The second-order valence-electron chi connectivity index (χ2n) is 7.02. The molecule has 1 saturated heterocycles. The number of carboxylic acids is 1. The maximum absolute atomic E-state index is 13.1. The van der Waals surface area contributed by atoms with Gasteiger partial charge in [-0.15, -0.1) is 6.58 Å². The second kappa shape index (κ2) is 8.73. The zero-order valence-electron chi connectivity index (χ0n) is 15.8. The Morgan fingerprint density at radius 1 is 1.21 bits per heavy atom. The Morgan fingerprint density at radius 2 is 1.93 bits per heavy atom. The van der Waals surface area contributed by atoms with Crippen molar-refractivity contribution in [3.8, 4) is 0 Å². The number of carboxylic acid groups (broad SMARTS) is 1. The number of amides is 2. The molecular formula is C21H25N3O4. The Hall–Kier alpha value is -3.09. The van der Waals surface area contributed by atoms with E-state index in [2.05, 4.69) is 11.6 Å². The lowest BCUT2D eigenvalue weighted by atomic mass is 10.0. The van der Waals surface area contributed by atoms with Crippen LogP contribution in [0.25, 0.3) is 10.9 Å². The fourth-order valence-corrected chi connectivity index (χ4v) is 3.68. The van der Waals surface area contributed by atoms with E-state index in [0.29, 0.717) is 38.2 Å². The van der Waals surface area contributed by atoms with Crippen molar-refractivity contribution in [3.05, 3.63) is 48.7 Å². The van der Waals surface area contributed by atoms with Gasteiger partial charge in [0.25, 0.3) is 5.91 Å². The van der Waals surface area contributed by atoms with E-state index in [1.165, 1.54) is 0 Å². The van der Waals surface area contributed by atoms with Crippen molar-refractivity contribution in [2.45, 2.75) is 31.7 Å². The highest BCUT2D eigenvalue weighted by molar-refractivity contribution is 5.98. The molecule has 1 fully saturated rings. The molecule has 2 N–H and O–H groups in total. The number of aliphatic carboxylic acids is 1. The van der Waals surface area contributed by atoms with E-state index in [1.54, 1.807) is 15.9 Å². The summed E-state index contributed by atoms with van der Waals surface area (Å²) < 4.78 is 0. The number of aromatic nitrogens is 1. The molecule has 28 heavy (non-hydrogen) atoms. The number of aromatic amines is 1. The third-order valence-corrected chi connectivity index (χ3v) is 5.16. The number of likely N-dealkylation sites (tertiary alicyclic amines) is 1. The van der Waals surface area contributed by atoms with Gasteiger partial charge in [-0.25, -0.2) is 0 Å². The molecule has 7 heteroatoms. The molecule has 1 aromatic carbocycles. The van der Waals surface area contributed by atoms with Crippen molar-refractivity contribution in [1.82, 2.24) is 14.8 Å². The van der Waals surface area contributed by atoms with E-state index in [4.69, 9.17) is 5.11 Å². The number of carbonyl (C=O) groups is 3. The van der Waals surface area contributed by atoms with Crippen LogP contribution in [0, 0.1) is 0 Å². The Balaban J connectivity index is 1.66. The van der Waals surface area contributed by atoms with Gasteiger partial charge in [-0.1, -0.05) is 24.3 Å². The molecule has 2 heterocycles. The van der Waals surface area contributed by atoms with Crippen LogP contribution >= 0.6 is 0 Å². The largest absolute Gasteiger partial charge is 0.481 e. The highest BCUT2D eigenvalue weighted by Crippen LogP contribution is 2.22. The van der Waals surface area contributed by atoms with Crippen LogP contribution in [-0.2, 0) is 9.59 Å². The fraction of sp³-hybridized carbons (Fsp3) is 0.381. The molecule has 2 amide bonds. The van der Waals surface area contributed by atoms with Crippen LogP contribution in [-0.4, -0.2) is 63.4 Å². The van der Waals surface area contributed by atoms with Gasteiger partial charge in [0.05, 0.1) is 6.42 Å². The van der Waals surface area contributed by atoms with E-state index in [9.17, 15) is 14.4 Å². The topological polar surface area (TPSA) is 93.7 Å². The number of H-pyrrole nitrogens is 1. The molecule has 2 aromatic rings. The molecule has 0 bridgehead atoms. The van der Waals surface area contributed by atoms with Gasteiger partial charge in [-0.2, -0.15) is 0 Å².